The highest BCUT2D eigenvalue weighted by Gasteiger charge is 1.96. The van der Waals surface area contributed by atoms with Crippen molar-refractivity contribution in [2.45, 2.75) is 6.42 Å². The van der Waals surface area contributed by atoms with Gasteiger partial charge in [-0.05, 0) is 25.4 Å². The normalized spacial score (nSPS) is 13.2. The van der Waals surface area contributed by atoms with Crippen molar-refractivity contribution in [2.24, 2.45) is 17.4 Å². The first-order chi connectivity index (χ1) is 3.85. The van der Waals surface area contributed by atoms with E-state index in [9.17, 15) is 0 Å². The maximum absolute atomic E-state index is 5.34. The van der Waals surface area contributed by atoms with Gasteiger partial charge in [0.25, 0.3) is 0 Å². The molecule has 0 aromatic carbocycles. The number of hydrogen-bond donors (Lipinski definition) is 2. The highest BCUT2D eigenvalue weighted by atomic mass is 14.6. The Bertz CT molecular complexity index is 61.5. The number of hydrogen-bond acceptors (Lipinski definition) is 2. The van der Waals surface area contributed by atoms with Crippen molar-refractivity contribution in [2.75, 3.05) is 13.1 Å². The van der Waals surface area contributed by atoms with E-state index in [1.54, 1.807) is 0 Å². The molecule has 0 rings (SSSR count). The Labute approximate surface area is 50.6 Å². The second-order valence-corrected chi connectivity index (χ2v) is 1.81. The van der Waals surface area contributed by atoms with E-state index in [1.165, 1.54) is 0 Å². The average molecular weight is 114 g/mol. The van der Waals surface area contributed by atoms with Gasteiger partial charge in [0.2, 0.25) is 0 Å². The Morgan fingerprint density at radius 1 is 1.50 bits per heavy atom. The van der Waals surface area contributed by atoms with Crippen molar-refractivity contribution < 1.29 is 0 Å². The smallest absolute Gasteiger partial charge is 0.00138 e. The minimum atomic E-state index is 0.417. The van der Waals surface area contributed by atoms with Crippen LogP contribution < -0.4 is 11.5 Å². The van der Waals surface area contributed by atoms with Crippen molar-refractivity contribution in [3.63, 3.8) is 0 Å². The summed E-state index contributed by atoms with van der Waals surface area (Å²) in [5.41, 5.74) is 10.6. The summed E-state index contributed by atoms with van der Waals surface area (Å²) in [6.07, 6.45) is 2.81. The Morgan fingerprint density at radius 3 is 2.25 bits per heavy atom. The molecular weight excluding hydrogens is 100 g/mol. The van der Waals surface area contributed by atoms with E-state index in [0.29, 0.717) is 19.0 Å². The van der Waals surface area contributed by atoms with Gasteiger partial charge in [-0.1, -0.05) is 6.08 Å². The third-order valence-electron chi connectivity index (χ3n) is 1.17. The van der Waals surface area contributed by atoms with Gasteiger partial charge in [-0.15, -0.1) is 6.58 Å². The monoisotopic (exact) mass is 114 g/mol. The first-order valence-corrected chi connectivity index (χ1v) is 2.87. The molecule has 0 spiro atoms. The van der Waals surface area contributed by atoms with Gasteiger partial charge >= 0.3 is 0 Å². The maximum Gasteiger partial charge on any atom is -0.00138 e. The zero-order valence-electron chi connectivity index (χ0n) is 5.14. The van der Waals surface area contributed by atoms with Gasteiger partial charge in [-0.25, -0.2) is 0 Å². The summed E-state index contributed by atoms with van der Waals surface area (Å²) in [4.78, 5) is 0. The largest absolute Gasteiger partial charge is 0.330 e. The molecule has 0 bridgehead atoms. The van der Waals surface area contributed by atoms with E-state index < -0.39 is 0 Å². The summed E-state index contributed by atoms with van der Waals surface area (Å²) in [6.45, 7) is 4.98. The molecule has 0 fully saturated rings. The van der Waals surface area contributed by atoms with Crippen LogP contribution in [0.1, 0.15) is 6.42 Å². The van der Waals surface area contributed by atoms with E-state index in [4.69, 9.17) is 11.5 Å². The van der Waals surface area contributed by atoms with E-state index in [-0.39, 0.29) is 0 Å². The van der Waals surface area contributed by atoms with Crippen LogP contribution in [0.25, 0.3) is 0 Å². The van der Waals surface area contributed by atoms with E-state index in [2.05, 4.69) is 6.58 Å². The first-order valence-electron chi connectivity index (χ1n) is 2.87. The lowest BCUT2D eigenvalue weighted by Crippen LogP contribution is -2.15. The van der Waals surface area contributed by atoms with Crippen LogP contribution in [0, 0.1) is 5.92 Å². The first kappa shape index (κ1) is 7.66. The zero-order valence-corrected chi connectivity index (χ0v) is 5.14. The van der Waals surface area contributed by atoms with E-state index in [1.807, 2.05) is 6.08 Å². The molecule has 0 aliphatic rings. The predicted octanol–water partition coefficient (Wildman–Crippen LogP) is 0.0961. The summed E-state index contributed by atoms with van der Waals surface area (Å²) in [6, 6.07) is 0. The molecular formula is C6H14N2. The quantitative estimate of drug-likeness (QED) is 0.509. The van der Waals surface area contributed by atoms with Gasteiger partial charge in [0.1, 0.15) is 0 Å². The molecule has 48 valence electrons. The molecule has 0 amide bonds. The highest BCUT2D eigenvalue weighted by molar-refractivity contribution is 4.79. The minimum absolute atomic E-state index is 0.417. The summed E-state index contributed by atoms with van der Waals surface area (Å²) in [5.74, 6) is 0.417. The van der Waals surface area contributed by atoms with E-state index >= 15 is 0 Å². The molecule has 0 aliphatic heterocycles. The topological polar surface area (TPSA) is 52.0 Å². The number of nitrogens with two attached hydrogens (primary N) is 2. The lowest BCUT2D eigenvalue weighted by Gasteiger charge is -2.04. The Kier molecular flexibility index (Phi) is 4.61. The molecule has 0 heterocycles. The van der Waals surface area contributed by atoms with Crippen LogP contribution in [0.4, 0.5) is 0 Å². The molecule has 4 N–H and O–H groups in total. The number of rotatable bonds is 4. The molecule has 8 heavy (non-hydrogen) atoms. The van der Waals surface area contributed by atoms with Crippen LogP contribution in [-0.2, 0) is 0 Å². The van der Waals surface area contributed by atoms with Crippen molar-refractivity contribution in [3.8, 4) is 0 Å². The van der Waals surface area contributed by atoms with Gasteiger partial charge in [0.05, 0.1) is 0 Å². The molecule has 1 unspecified atom stereocenters. The van der Waals surface area contributed by atoms with Crippen LogP contribution in [-0.4, -0.2) is 13.1 Å². The molecule has 0 saturated heterocycles. The highest BCUT2D eigenvalue weighted by Crippen LogP contribution is 1.97. The molecule has 0 aliphatic carbocycles. The SMILES string of the molecule is C=CC(CN)CCN. The minimum Gasteiger partial charge on any atom is -0.330 e. The molecule has 0 saturated carbocycles. The molecule has 2 heteroatoms. The third kappa shape index (κ3) is 2.77. The Balaban J connectivity index is 3.21. The summed E-state index contributed by atoms with van der Waals surface area (Å²) in [7, 11) is 0. The van der Waals surface area contributed by atoms with Crippen molar-refractivity contribution in [1.82, 2.24) is 0 Å². The Hall–Kier alpha value is -0.340. The van der Waals surface area contributed by atoms with Crippen LogP contribution in [0.5, 0.6) is 0 Å². The molecule has 0 aromatic rings. The standard InChI is InChI=1S/C6H14N2/c1-2-6(5-8)3-4-7/h2,6H,1,3-5,7-8H2. The van der Waals surface area contributed by atoms with Crippen LogP contribution in [0.15, 0.2) is 12.7 Å². The predicted molar refractivity (Wildman–Crippen MR) is 36.4 cm³/mol. The molecule has 2 nitrogen and oxygen atoms in total. The van der Waals surface area contributed by atoms with Gasteiger partial charge in [0.15, 0.2) is 0 Å². The fraction of sp³-hybridized carbons (Fsp3) is 0.667. The van der Waals surface area contributed by atoms with Gasteiger partial charge in [-0.2, -0.15) is 0 Å². The van der Waals surface area contributed by atoms with Gasteiger partial charge < -0.3 is 11.5 Å². The summed E-state index contributed by atoms with van der Waals surface area (Å²) in [5, 5.41) is 0. The third-order valence-corrected chi connectivity index (χ3v) is 1.17. The Morgan fingerprint density at radius 2 is 2.12 bits per heavy atom. The maximum atomic E-state index is 5.34. The molecule has 0 aromatic heterocycles. The molecule has 0 radical (unpaired) electrons. The lowest BCUT2D eigenvalue weighted by atomic mass is 10.1. The second kappa shape index (κ2) is 4.81. The van der Waals surface area contributed by atoms with Crippen molar-refractivity contribution >= 4 is 0 Å². The van der Waals surface area contributed by atoms with E-state index in [0.717, 1.165) is 6.42 Å². The van der Waals surface area contributed by atoms with Crippen LogP contribution in [0.3, 0.4) is 0 Å². The van der Waals surface area contributed by atoms with Crippen LogP contribution in [0.2, 0.25) is 0 Å². The average Bonchev–Trinajstić information content (AvgIpc) is 1.83. The van der Waals surface area contributed by atoms with Crippen molar-refractivity contribution in [1.29, 1.82) is 0 Å². The summed E-state index contributed by atoms with van der Waals surface area (Å²) >= 11 is 0. The van der Waals surface area contributed by atoms with Crippen LogP contribution >= 0.6 is 0 Å². The lowest BCUT2D eigenvalue weighted by molar-refractivity contribution is 0.612. The van der Waals surface area contributed by atoms with Crippen molar-refractivity contribution in [3.05, 3.63) is 12.7 Å². The van der Waals surface area contributed by atoms with Gasteiger partial charge in [-0.3, -0.25) is 0 Å². The molecule has 1 atom stereocenters. The fourth-order valence-electron chi connectivity index (χ4n) is 0.546. The summed E-state index contributed by atoms with van der Waals surface area (Å²) < 4.78 is 0. The zero-order chi connectivity index (χ0) is 6.41. The van der Waals surface area contributed by atoms with Gasteiger partial charge in [0, 0.05) is 0 Å². The second-order valence-electron chi connectivity index (χ2n) is 1.81. The fourth-order valence-corrected chi connectivity index (χ4v) is 0.546.